The second-order valence-corrected chi connectivity index (χ2v) is 5.39. The maximum absolute atomic E-state index is 12.5. The summed E-state index contributed by atoms with van der Waals surface area (Å²) in [6.45, 7) is 1.52. The maximum Gasteiger partial charge on any atom is 0.501 e. The van der Waals surface area contributed by atoms with Gasteiger partial charge in [-0.15, -0.1) is 6.42 Å². The van der Waals surface area contributed by atoms with Crippen LogP contribution in [0, 0.1) is 12.3 Å². The largest absolute Gasteiger partial charge is 0.501 e. The predicted octanol–water partition coefficient (Wildman–Crippen LogP) is 2.41. The quantitative estimate of drug-likeness (QED) is 0.863. The summed E-state index contributed by atoms with van der Waals surface area (Å²) in [5.74, 6) is 2.24. The van der Waals surface area contributed by atoms with Gasteiger partial charge in [0.15, 0.2) is 0 Å². The van der Waals surface area contributed by atoms with Gasteiger partial charge in [-0.25, -0.2) is 8.42 Å². The molecule has 1 rings (SSSR count). The molecule has 0 aromatic heterocycles. The van der Waals surface area contributed by atoms with Crippen LogP contribution in [0.1, 0.15) is 6.92 Å². The molecule has 98 valence electrons. The van der Waals surface area contributed by atoms with Crippen LogP contribution in [-0.4, -0.2) is 20.0 Å². The van der Waals surface area contributed by atoms with Gasteiger partial charge >= 0.3 is 5.51 Å². The van der Waals surface area contributed by atoms with Gasteiger partial charge in [0, 0.05) is 0 Å². The molecule has 1 aromatic rings. The van der Waals surface area contributed by atoms with E-state index in [1.807, 2.05) is 0 Å². The van der Waals surface area contributed by atoms with Gasteiger partial charge in [-0.3, -0.25) is 0 Å². The molecule has 0 fully saturated rings. The van der Waals surface area contributed by atoms with E-state index in [4.69, 9.17) is 6.42 Å². The summed E-state index contributed by atoms with van der Waals surface area (Å²) in [4.78, 5) is -0.834. The van der Waals surface area contributed by atoms with Crippen molar-refractivity contribution in [1.29, 1.82) is 0 Å². The minimum absolute atomic E-state index is 0.166. The van der Waals surface area contributed by atoms with Gasteiger partial charge in [-0.1, -0.05) is 18.1 Å². The molecular weight excluding hydrogens is 267 g/mol. The van der Waals surface area contributed by atoms with Crippen molar-refractivity contribution in [3.63, 3.8) is 0 Å². The number of hydrogen-bond acceptors (Lipinski definition) is 3. The summed E-state index contributed by atoms with van der Waals surface area (Å²) in [5, 5.41) is 2.52. The Morgan fingerprint density at radius 3 is 2.39 bits per heavy atom. The van der Waals surface area contributed by atoms with E-state index in [1.54, 1.807) is 0 Å². The number of alkyl halides is 3. The van der Waals surface area contributed by atoms with E-state index in [2.05, 4.69) is 11.2 Å². The van der Waals surface area contributed by atoms with Crippen LogP contribution in [0.25, 0.3) is 0 Å². The molecule has 0 amide bonds. The Morgan fingerprint density at radius 1 is 1.33 bits per heavy atom. The third kappa shape index (κ3) is 2.76. The van der Waals surface area contributed by atoms with Crippen LogP contribution in [0.3, 0.4) is 0 Å². The van der Waals surface area contributed by atoms with Crippen LogP contribution in [0.5, 0.6) is 0 Å². The van der Waals surface area contributed by atoms with Crippen molar-refractivity contribution >= 4 is 15.5 Å². The highest BCUT2D eigenvalue weighted by Gasteiger charge is 2.47. The smallest absolute Gasteiger partial charge is 0.371 e. The van der Waals surface area contributed by atoms with Crippen molar-refractivity contribution in [2.45, 2.75) is 23.4 Å². The number of sulfone groups is 1. The number of terminal acetylenes is 1. The van der Waals surface area contributed by atoms with Gasteiger partial charge in [0.25, 0.3) is 9.84 Å². The Bertz CT molecular complexity index is 573. The molecule has 18 heavy (non-hydrogen) atoms. The van der Waals surface area contributed by atoms with Crippen LogP contribution in [0.2, 0.25) is 0 Å². The first-order valence-electron chi connectivity index (χ1n) is 4.83. The first-order chi connectivity index (χ1) is 8.20. The molecule has 0 saturated heterocycles. The monoisotopic (exact) mass is 277 g/mol. The standard InChI is InChI=1S/C11H10F3NO2S/c1-3-8(2)15-9-6-4-5-7-10(9)18(16,17)11(12,13)14/h1,4-8,15H,2H3. The third-order valence-corrected chi connectivity index (χ3v) is 3.65. The normalized spacial score (nSPS) is 13.7. The van der Waals surface area contributed by atoms with E-state index < -0.39 is 26.3 Å². The molecule has 0 aliphatic carbocycles. The molecule has 0 spiro atoms. The van der Waals surface area contributed by atoms with Crippen molar-refractivity contribution in [3.05, 3.63) is 24.3 Å². The minimum Gasteiger partial charge on any atom is -0.371 e. The molecule has 1 aromatic carbocycles. The molecule has 1 atom stereocenters. The molecule has 0 aliphatic rings. The SMILES string of the molecule is C#CC(C)Nc1ccccc1S(=O)(=O)C(F)(F)F. The molecular formula is C11H10F3NO2S. The van der Waals surface area contributed by atoms with Crippen molar-refractivity contribution in [3.8, 4) is 12.3 Å². The lowest BCUT2D eigenvalue weighted by Gasteiger charge is -2.15. The fraction of sp³-hybridized carbons (Fsp3) is 0.273. The number of benzene rings is 1. The number of halogens is 3. The molecule has 1 N–H and O–H groups in total. The van der Waals surface area contributed by atoms with Crippen LogP contribution in [-0.2, 0) is 9.84 Å². The van der Waals surface area contributed by atoms with E-state index in [-0.39, 0.29) is 5.69 Å². The first-order valence-corrected chi connectivity index (χ1v) is 6.31. The van der Waals surface area contributed by atoms with Crippen LogP contribution in [0.4, 0.5) is 18.9 Å². The van der Waals surface area contributed by atoms with Crippen molar-refractivity contribution in [2.75, 3.05) is 5.32 Å². The van der Waals surface area contributed by atoms with Gasteiger partial charge in [0.2, 0.25) is 0 Å². The Hall–Kier alpha value is -1.68. The molecule has 0 aliphatic heterocycles. The predicted molar refractivity (Wildman–Crippen MR) is 61.6 cm³/mol. The lowest BCUT2D eigenvalue weighted by atomic mass is 10.3. The minimum atomic E-state index is -5.39. The van der Waals surface area contributed by atoms with Gasteiger partial charge in [0.1, 0.15) is 0 Å². The highest BCUT2D eigenvalue weighted by atomic mass is 32.2. The summed E-state index contributed by atoms with van der Waals surface area (Å²) < 4.78 is 60.0. The lowest BCUT2D eigenvalue weighted by Crippen LogP contribution is -2.25. The van der Waals surface area contributed by atoms with Crippen molar-refractivity contribution in [2.24, 2.45) is 0 Å². The van der Waals surface area contributed by atoms with E-state index in [0.717, 1.165) is 6.07 Å². The van der Waals surface area contributed by atoms with Crippen molar-refractivity contribution in [1.82, 2.24) is 0 Å². The fourth-order valence-electron chi connectivity index (χ4n) is 1.22. The molecule has 0 saturated carbocycles. The number of para-hydroxylation sites is 1. The van der Waals surface area contributed by atoms with E-state index in [1.165, 1.54) is 25.1 Å². The highest BCUT2D eigenvalue weighted by Crippen LogP contribution is 2.34. The molecule has 1 unspecified atom stereocenters. The number of nitrogens with one attached hydrogen (secondary N) is 1. The van der Waals surface area contributed by atoms with Gasteiger partial charge in [0.05, 0.1) is 16.6 Å². The Kier molecular flexibility index (Phi) is 3.92. The summed E-state index contributed by atoms with van der Waals surface area (Å²) in [6, 6.07) is 4.15. The highest BCUT2D eigenvalue weighted by molar-refractivity contribution is 7.92. The topological polar surface area (TPSA) is 46.2 Å². The second-order valence-electron chi connectivity index (χ2n) is 3.48. The zero-order valence-corrected chi connectivity index (χ0v) is 10.1. The summed E-state index contributed by atoms with van der Waals surface area (Å²) in [6.07, 6.45) is 5.08. The zero-order chi connectivity index (χ0) is 14.0. The van der Waals surface area contributed by atoms with Crippen LogP contribution >= 0.6 is 0 Å². The van der Waals surface area contributed by atoms with E-state index in [0.29, 0.717) is 0 Å². The summed E-state index contributed by atoms with van der Waals surface area (Å²) in [7, 11) is -5.39. The Morgan fingerprint density at radius 2 is 1.89 bits per heavy atom. The first kappa shape index (κ1) is 14.4. The summed E-state index contributed by atoms with van der Waals surface area (Å²) in [5.41, 5.74) is -5.51. The average Bonchev–Trinajstić information content (AvgIpc) is 2.28. The lowest BCUT2D eigenvalue weighted by molar-refractivity contribution is -0.0435. The molecule has 0 heterocycles. The van der Waals surface area contributed by atoms with E-state index >= 15 is 0 Å². The third-order valence-electron chi connectivity index (χ3n) is 2.10. The van der Waals surface area contributed by atoms with Crippen LogP contribution in [0.15, 0.2) is 29.2 Å². The Balaban J connectivity index is 3.32. The summed E-state index contributed by atoms with van der Waals surface area (Å²) >= 11 is 0. The van der Waals surface area contributed by atoms with E-state index in [9.17, 15) is 21.6 Å². The average molecular weight is 277 g/mol. The number of hydrogen-bond donors (Lipinski definition) is 1. The van der Waals surface area contributed by atoms with Gasteiger partial charge in [-0.2, -0.15) is 13.2 Å². The molecule has 3 nitrogen and oxygen atoms in total. The molecule has 7 heteroatoms. The molecule has 0 radical (unpaired) electrons. The second kappa shape index (κ2) is 4.90. The zero-order valence-electron chi connectivity index (χ0n) is 9.32. The van der Waals surface area contributed by atoms with Crippen molar-refractivity contribution < 1.29 is 21.6 Å². The van der Waals surface area contributed by atoms with Gasteiger partial charge < -0.3 is 5.32 Å². The maximum atomic E-state index is 12.5. The molecule has 0 bridgehead atoms. The fourth-order valence-corrected chi connectivity index (χ4v) is 2.14. The number of rotatable bonds is 3. The van der Waals surface area contributed by atoms with Crippen LogP contribution < -0.4 is 5.32 Å². The number of anilines is 1. The van der Waals surface area contributed by atoms with Gasteiger partial charge in [-0.05, 0) is 19.1 Å². The Labute approximate surface area is 103 Å².